The summed E-state index contributed by atoms with van der Waals surface area (Å²) in [6, 6.07) is 8.25. The van der Waals surface area contributed by atoms with Gasteiger partial charge in [0.05, 0.1) is 18.4 Å². The van der Waals surface area contributed by atoms with Gasteiger partial charge < -0.3 is 15.2 Å². The average Bonchev–Trinajstić information content (AvgIpc) is 2.42. The summed E-state index contributed by atoms with van der Waals surface area (Å²) in [5.41, 5.74) is 1.67. The zero-order chi connectivity index (χ0) is 13.8. The maximum atomic E-state index is 11.9. The summed E-state index contributed by atoms with van der Waals surface area (Å²) in [4.78, 5) is 15.9. The number of aromatic hydroxyl groups is 1. The maximum Gasteiger partial charge on any atom is 0.257 e. The molecular formula is C14H14N2O3. The van der Waals surface area contributed by atoms with Crippen LogP contribution in [0.4, 0.5) is 5.69 Å². The first-order valence-corrected chi connectivity index (χ1v) is 5.71. The normalized spacial score (nSPS) is 10.0. The lowest BCUT2D eigenvalue weighted by molar-refractivity contribution is 0.102. The lowest BCUT2D eigenvalue weighted by Gasteiger charge is -2.08. The highest BCUT2D eigenvalue weighted by Crippen LogP contribution is 2.24. The van der Waals surface area contributed by atoms with Crippen molar-refractivity contribution in [1.82, 2.24) is 4.98 Å². The van der Waals surface area contributed by atoms with Crippen LogP contribution >= 0.6 is 0 Å². The van der Waals surface area contributed by atoms with Crippen molar-refractivity contribution in [3.05, 3.63) is 47.7 Å². The number of phenols is 1. The number of methoxy groups -OCH3 is 1. The Labute approximate surface area is 110 Å². The highest BCUT2D eigenvalue weighted by atomic mass is 16.5. The van der Waals surface area contributed by atoms with Gasteiger partial charge in [-0.2, -0.15) is 0 Å². The first-order chi connectivity index (χ1) is 9.10. The number of carbonyl (C=O) groups excluding carboxylic acids is 1. The third-order valence-corrected chi connectivity index (χ3v) is 2.61. The quantitative estimate of drug-likeness (QED) is 0.829. The second-order valence-electron chi connectivity index (χ2n) is 4.06. The summed E-state index contributed by atoms with van der Waals surface area (Å²) in [6.45, 7) is 1.86. The fraction of sp³-hybridized carbons (Fsp3) is 0.143. The van der Waals surface area contributed by atoms with Crippen LogP contribution in [0.25, 0.3) is 0 Å². The first-order valence-electron chi connectivity index (χ1n) is 5.71. The predicted molar refractivity (Wildman–Crippen MR) is 71.6 cm³/mol. The van der Waals surface area contributed by atoms with E-state index in [0.29, 0.717) is 17.1 Å². The smallest absolute Gasteiger partial charge is 0.257 e. The summed E-state index contributed by atoms with van der Waals surface area (Å²) in [5, 5.41) is 12.3. The summed E-state index contributed by atoms with van der Waals surface area (Å²) >= 11 is 0. The van der Waals surface area contributed by atoms with Crippen LogP contribution in [0, 0.1) is 6.92 Å². The van der Waals surface area contributed by atoms with Crippen molar-refractivity contribution < 1.29 is 14.6 Å². The Morgan fingerprint density at radius 2 is 2.11 bits per heavy atom. The van der Waals surface area contributed by atoms with Crippen LogP contribution in [0.3, 0.4) is 0 Å². The lowest BCUT2D eigenvalue weighted by Crippen LogP contribution is -2.12. The van der Waals surface area contributed by atoms with Gasteiger partial charge in [-0.25, -0.2) is 4.98 Å². The van der Waals surface area contributed by atoms with E-state index in [4.69, 9.17) is 4.74 Å². The van der Waals surface area contributed by atoms with Gasteiger partial charge in [-0.05, 0) is 30.7 Å². The van der Waals surface area contributed by atoms with E-state index < -0.39 is 0 Å². The number of phenolic OH excluding ortho intramolecular Hbond substituents is 1. The number of amides is 1. The van der Waals surface area contributed by atoms with Gasteiger partial charge in [-0.1, -0.05) is 6.07 Å². The molecule has 0 spiro atoms. The minimum atomic E-state index is -0.339. The molecule has 5 nitrogen and oxygen atoms in total. The molecule has 2 N–H and O–H groups in total. The second-order valence-corrected chi connectivity index (χ2v) is 4.06. The molecule has 5 heteroatoms. The molecule has 0 fully saturated rings. The van der Waals surface area contributed by atoms with Crippen molar-refractivity contribution in [3.8, 4) is 11.6 Å². The van der Waals surface area contributed by atoms with Crippen LogP contribution < -0.4 is 10.1 Å². The monoisotopic (exact) mass is 258 g/mol. The van der Waals surface area contributed by atoms with Gasteiger partial charge in [-0.15, -0.1) is 0 Å². The number of nitrogens with one attached hydrogen (secondary N) is 1. The Morgan fingerprint density at radius 3 is 2.68 bits per heavy atom. The van der Waals surface area contributed by atoms with E-state index in [1.807, 2.05) is 13.0 Å². The molecule has 0 unspecified atom stereocenters. The number of benzene rings is 1. The Bertz CT molecular complexity index is 594. The van der Waals surface area contributed by atoms with Crippen LogP contribution in [0.1, 0.15) is 15.9 Å². The number of pyridine rings is 1. The third-order valence-electron chi connectivity index (χ3n) is 2.61. The SMILES string of the molecule is COc1ccc(C(=O)Nc2ccc(C)cc2O)cn1. The highest BCUT2D eigenvalue weighted by molar-refractivity contribution is 6.04. The molecule has 2 rings (SSSR count). The molecule has 0 saturated carbocycles. The van der Waals surface area contributed by atoms with Crippen molar-refractivity contribution in [1.29, 1.82) is 0 Å². The summed E-state index contributed by atoms with van der Waals surface area (Å²) < 4.78 is 4.92. The molecule has 1 aromatic carbocycles. The molecule has 98 valence electrons. The number of rotatable bonds is 3. The lowest BCUT2D eigenvalue weighted by atomic mass is 10.2. The van der Waals surface area contributed by atoms with Gasteiger partial charge in [0.25, 0.3) is 5.91 Å². The number of nitrogens with zero attached hydrogens (tertiary/aromatic N) is 1. The minimum Gasteiger partial charge on any atom is -0.506 e. The van der Waals surface area contributed by atoms with Crippen LogP contribution in [0.5, 0.6) is 11.6 Å². The molecule has 0 aliphatic rings. The Hall–Kier alpha value is -2.56. The van der Waals surface area contributed by atoms with E-state index in [0.717, 1.165) is 5.56 Å². The van der Waals surface area contributed by atoms with Crippen LogP contribution in [-0.2, 0) is 0 Å². The molecule has 19 heavy (non-hydrogen) atoms. The largest absolute Gasteiger partial charge is 0.506 e. The fourth-order valence-corrected chi connectivity index (χ4v) is 1.58. The second kappa shape index (κ2) is 5.39. The van der Waals surface area contributed by atoms with Crippen molar-refractivity contribution in [2.75, 3.05) is 12.4 Å². The first kappa shape index (κ1) is 12.9. The minimum absolute atomic E-state index is 0.0369. The van der Waals surface area contributed by atoms with Gasteiger partial charge in [0.2, 0.25) is 5.88 Å². The fourth-order valence-electron chi connectivity index (χ4n) is 1.58. The molecule has 0 atom stereocenters. The van der Waals surface area contributed by atoms with E-state index in [2.05, 4.69) is 10.3 Å². The molecule has 0 bridgehead atoms. The number of aryl methyl sites for hydroxylation is 1. The van der Waals surface area contributed by atoms with Gasteiger partial charge in [-0.3, -0.25) is 4.79 Å². The number of hydrogen-bond donors (Lipinski definition) is 2. The molecule has 0 aliphatic carbocycles. The van der Waals surface area contributed by atoms with Crippen LogP contribution in [0.15, 0.2) is 36.5 Å². The van der Waals surface area contributed by atoms with Crippen LogP contribution in [-0.4, -0.2) is 23.1 Å². The Morgan fingerprint density at radius 1 is 1.32 bits per heavy atom. The molecule has 1 amide bonds. The number of hydrogen-bond acceptors (Lipinski definition) is 4. The molecule has 0 saturated heterocycles. The van der Waals surface area contributed by atoms with Crippen molar-refractivity contribution in [2.24, 2.45) is 0 Å². The number of ether oxygens (including phenoxy) is 1. The van der Waals surface area contributed by atoms with Crippen LogP contribution in [0.2, 0.25) is 0 Å². The highest BCUT2D eigenvalue weighted by Gasteiger charge is 2.09. The Balaban J connectivity index is 2.15. The molecule has 0 aliphatic heterocycles. The standard InChI is InChI=1S/C14H14N2O3/c1-9-3-5-11(12(17)7-9)16-14(18)10-4-6-13(19-2)15-8-10/h3-8,17H,1-2H3,(H,16,18). The zero-order valence-corrected chi connectivity index (χ0v) is 10.7. The predicted octanol–water partition coefficient (Wildman–Crippen LogP) is 2.36. The summed E-state index contributed by atoms with van der Waals surface area (Å²) in [5.74, 6) is 0.138. The van der Waals surface area contributed by atoms with Gasteiger partial charge >= 0.3 is 0 Å². The van der Waals surface area contributed by atoms with E-state index in [9.17, 15) is 9.90 Å². The van der Waals surface area contributed by atoms with Gasteiger partial charge in [0, 0.05) is 12.3 Å². The molecule has 1 heterocycles. The summed E-state index contributed by atoms with van der Waals surface area (Å²) in [6.07, 6.45) is 1.42. The third kappa shape index (κ3) is 3.01. The number of anilines is 1. The van der Waals surface area contributed by atoms with Crippen molar-refractivity contribution in [3.63, 3.8) is 0 Å². The Kier molecular flexibility index (Phi) is 3.66. The number of aromatic nitrogens is 1. The van der Waals surface area contributed by atoms with E-state index in [1.165, 1.54) is 13.3 Å². The van der Waals surface area contributed by atoms with Crippen molar-refractivity contribution >= 4 is 11.6 Å². The van der Waals surface area contributed by atoms with Crippen molar-refractivity contribution in [2.45, 2.75) is 6.92 Å². The zero-order valence-electron chi connectivity index (χ0n) is 10.7. The van der Waals surface area contributed by atoms with E-state index in [1.54, 1.807) is 24.3 Å². The average molecular weight is 258 g/mol. The van der Waals surface area contributed by atoms with E-state index in [-0.39, 0.29) is 11.7 Å². The van der Waals surface area contributed by atoms with Gasteiger partial charge in [0.15, 0.2) is 0 Å². The van der Waals surface area contributed by atoms with Gasteiger partial charge in [0.1, 0.15) is 5.75 Å². The maximum absolute atomic E-state index is 11.9. The molecular weight excluding hydrogens is 244 g/mol. The molecule has 0 radical (unpaired) electrons. The number of carbonyl (C=O) groups is 1. The molecule has 1 aromatic heterocycles. The topological polar surface area (TPSA) is 71.5 Å². The van der Waals surface area contributed by atoms with E-state index >= 15 is 0 Å². The summed E-state index contributed by atoms with van der Waals surface area (Å²) in [7, 11) is 1.51. The molecule has 2 aromatic rings.